The van der Waals surface area contributed by atoms with E-state index in [1.54, 1.807) is 11.8 Å². The summed E-state index contributed by atoms with van der Waals surface area (Å²) in [6, 6.07) is 8.74. The Labute approximate surface area is 97.0 Å². The van der Waals surface area contributed by atoms with Crippen LogP contribution in [0.15, 0.2) is 29.3 Å². The van der Waals surface area contributed by atoms with E-state index in [4.69, 9.17) is 0 Å². The van der Waals surface area contributed by atoms with E-state index in [0.717, 1.165) is 17.4 Å². The van der Waals surface area contributed by atoms with Crippen molar-refractivity contribution in [1.82, 2.24) is 0 Å². The first-order valence-electron chi connectivity index (χ1n) is 5.27. The van der Waals surface area contributed by atoms with Gasteiger partial charge in [0.2, 0.25) is 0 Å². The number of hydrogen-bond donors (Lipinski definition) is 0. The number of benzene rings is 1. The second-order valence-electron chi connectivity index (χ2n) is 4.03. The van der Waals surface area contributed by atoms with Gasteiger partial charge in [0.1, 0.15) is 0 Å². The molecule has 0 bridgehead atoms. The quantitative estimate of drug-likeness (QED) is 0.561. The van der Waals surface area contributed by atoms with Crippen LogP contribution in [0.3, 0.4) is 0 Å². The Hall–Kier alpha value is -0.760. The molecule has 2 heteroatoms. The van der Waals surface area contributed by atoms with Gasteiger partial charge in [0.15, 0.2) is 0 Å². The molecule has 0 heterocycles. The van der Waals surface area contributed by atoms with Crippen LogP contribution in [0.1, 0.15) is 25.0 Å². The lowest BCUT2D eigenvalue weighted by Gasteiger charge is -2.06. The maximum Gasteiger partial charge on any atom is 0.0970 e. The van der Waals surface area contributed by atoms with Gasteiger partial charge in [-0.3, -0.25) is 4.99 Å². The van der Waals surface area contributed by atoms with Gasteiger partial charge in [-0.05, 0) is 24.2 Å². The van der Waals surface area contributed by atoms with Crippen LogP contribution in [0.2, 0.25) is 0 Å². The molecule has 0 radical (unpaired) electrons. The fourth-order valence-electron chi connectivity index (χ4n) is 1.59. The summed E-state index contributed by atoms with van der Waals surface area (Å²) in [4.78, 5) is 4.25. The molecule has 0 fully saturated rings. The minimum atomic E-state index is 0.718. The van der Waals surface area contributed by atoms with Crippen LogP contribution >= 0.6 is 11.8 Å². The van der Waals surface area contributed by atoms with E-state index in [1.807, 2.05) is 7.05 Å². The molecule has 0 unspecified atom stereocenters. The van der Waals surface area contributed by atoms with E-state index in [2.05, 4.69) is 49.4 Å². The largest absolute Gasteiger partial charge is 0.281 e. The van der Waals surface area contributed by atoms with Gasteiger partial charge in [-0.1, -0.05) is 38.1 Å². The highest BCUT2D eigenvalue weighted by atomic mass is 32.2. The molecule has 0 aliphatic carbocycles. The first kappa shape index (κ1) is 12.3. The van der Waals surface area contributed by atoms with Gasteiger partial charge in [-0.15, -0.1) is 11.8 Å². The third kappa shape index (κ3) is 3.71. The van der Waals surface area contributed by atoms with Crippen molar-refractivity contribution in [2.75, 3.05) is 13.3 Å². The summed E-state index contributed by atoms with van der Waals surface area (Å²) >= 11 is 1.69. The number of aliphatic imine (C=N–C) groups is 1. The highest BCUT2D eigenvalue weighted by Crippen LogP contribution is 2.14. The molecule has 0 amide bonds. The fourth-order valence-corrected chi connectivity index (χ4v) is 2.15. The summed E-state index contributed by atoms with van der Waals surface area (Å²) in [6.45, 7) is 4.49. The third-order valence-corrected chi connectivity index (χ3v) is 3.05. The zero-order valence-corrected chi connectivity index (χ0v) is 10.8. The Morgan fingerprint density at radius 3 is 2.27 bits per heavy atom. The summed E-state index contributed by atoms with van der Waals surface area (Å²) < 4.78 is 0. The molecular weight excluding hydrogens is 202 g/mol. The van der Waals surface area contributed by atoms with Crippen molar-refractivity contribution in [3.05, 3.63) is 35.4 Å². The molecule has 1 rings (SSSR count). The summed E-state index contributed by atoms with van der Waals surface area (Å²) in [5, 5.41) is 1.10. The maximum atomic E-state index is 4.25. The molecule has 0 atom stereocenters. The molecule has 1 nitrogen and oxygen atoms in total. The first-order valence-corrected chi connectivity index (χ1v) is 6.50. The standard InChI is InChI=1S/C13H19NS/c1-10(2)9-11-5-7-12(8-6-11)13(14-3)15-4/h5-8,10H,9H2,1-4H3. The molecule has 0 spiro atoms. The third-order valence-electron chi connectivity index (χ3n) is 2.24. The van der Waals surface area contributed by atoms with Gasteiger partial charge in [0.05, 0.1) is 5.04 Å². The fraction of sp³-hybridized carbons (Fsp3) is 0.462. The molecule has 0 aliphatic rings. The van der Waals surface area contributed by atoms with E-state index in [-0.39, 0.29) is 0 Å². The van der Waals surface area contributed by atoms with Crippen molar-refractivity contribution in [2.24, 2.45) is 10.9 Å². The second kappa shape index (κ2) is 5.96. The summed E-state index contributed by atoms with van der Waals surface area (Å²) in [5.74, 6) is 0.718. The molecule has 0 saturated carbocycles. The van der Waals surface area contributed by atoms with Gasteiger partial charge in [0, 0.05) is 12.6 Å². The van der Waals surface area contributed by atoms with E-state index >= 15 is 0 Å². The van der Waals surface area contributed by atoms with Crippen molar-refractivity contribution < 1.29 is 0 Å². The number of rotatable bonds is 3. The minimum absolute atomic E-state index is 0.718. The van der Waals surface area contributed by atoms with Gasteiger partial charge in [-0.2, -0.15) is 0 Å². The summed E-state index contributed by atoms with van der Waals surface area (Å²) in [7, 11) is 1.84. The van der Waals surface area contributed by atoms with E-state index in [9.17, 15) is 0 Å². The van der Waals surface area contributed by atoms with Crippen LogP contribution in [0.25, 0.3) is 0 Å². The number of nitrogens with zero attached hydrogens (tertiary/aromatic N) is 1. The Morgan fingerprint density at radius 1 is 1.27 bits per heavy atom. The van der Waals surface area contributed by atoms with E-state index in [1.165, 1.54) is 11.1 Å². The predicted octanol–water partition coefficient (Wildman–Crippen LogP) is 3.62. The average molecular weight is 221 g/mol. The Morgan fingerprint density at radius 2 is 1.87 bits per heavy atom. The molecule has 82 valence electrons. The Balaban J connectivity index is 2.80. The molecule has 15 heavy (non-hydrogen) atoms. The highest BCUT2D eigenvalue weighted by molar-refractivity contribution is 8.13. The number of thioether (sulfide) groups is 1. The predicted molar refractivity (Wildman–Crippen MR) is 71.0 cm³/mol. The van der Waals surface area contributed by atoms with Crippen molar-refractivity contribution in [3.8, 4) is 0 Å². The monoisotopic (exact) mass is 221 g/mol. The maximum absolute atomic E-state index is 4.25. The van der Waals surface area contributed by atoms with Crippen LogP contribution in [0.4, 0.5) is 0 Å². The van der Waals surface area contributed by atoms with Crippen molar-refractivity contribution in [3.63, 3.8) is 0 Å². The lowest BCUT2D eigenvalue weighted by Crippen LogP contribution is -1.97. The Bertz CT molecular complexity index is 325. The molecule has 0 N–H and O–H groups in total. The van der Waals surface area contributed by atoms with Crippen LogP contribution in [-0.4, -0.2) is 18.3 Å². The number of hydrogen-bond acceptors (Lipinski definition) is 2. The van der Waals surface area contributed by atoms with Crippen molar-refractivity contribution >= 4 is 16.8 Å². The van der Waals surface area contributed by atoms with Crippen LogP contribution < -0.4 is 0 Å². The highest BCUT2D eigenvalue weighted by Gasteiger charge is 2.02. The summed E-state index contributed by atoms with van der Waals surface area (Å²) in [5.41, 5.74) is 2.63. The van der Waals surface area contributed by atoms with Crippen LogP contribution in [0.5, 0.6) is 0 Å². The SMILES string of the molecule is CN=C(SC)c1ccc(CC(C)C)cc1. The lowest BCUT2D eigenvalue weighted by molar-refractivity contribution is 0.647. The molecule has 0 aromatic heterocycles. The van der Waals surface area contributed by atoms with Crippen molar-refractivity contribution in [2.45, 2.75) is 20.3 Å². The first-order chi connectivity index (χ1) is 7.17. The minimum Gasteiger partial charge on any atom is -0.281 e. The molecule has 1 aromatic rings. The molecule has 0 saturated heterocycles. The van der Waals surface area contributed by atoms with Crippen molar-refractivity contribution in [1.29, 1.82) is 0 Å². The van der Waals surface area contributed by atoms with E-state index < -0.39 is 0 Å². The van der Waals surface area contributed by atoms with Gasteiger partial charge >= 0.3 is 0 Å². The smallest absolute Gasteiger partial charge is 0.0970 e. The average Bonchev–Trinajstić information content (AvgIpc) is 2.21. The van der Waals surface area contributed by atoms with Gasteiger partial charge in [0.25, 0.3) is 0 Å². The van der Waals surface area contributed by atoms with Crippen LogP contribution in [-0.2, 0) is 6.42 Å². The summed E-state index contributed by atoms with van der Waals surface area (Å²) in [6.07, 6.45) is 3.21. The van der Waals surface area contributed by atoms with Gasteiger partial charge < -0.3 is 0 Å². The van der Waals surface area contributed by atoms with E-state index in [0.29, 0.717) is 0 Å². The van der Waals surface area contributed by atoms with Gasteiger partial charge in [-0.25, -0.2) is 0 Å². The topological polar surface area (TPSA) is 12.4 Å². The van der Waals surface area contributed by atoms with Crippen LogP contribution in [0, 0.1) is 5.92 Å². The Kier molecular flexibility index (Phi) is 4.89. The second-order valence-corrected chi connectivity index (χ2v) is 4.82. The molecule has 0 aliphatic heterocycles. The molecule has 1 aromatic carbocycles. The normalized spacial score (nSPS) is 12.2. The zero-order valence-electron chi connectivity index (χ0n) is 9.95. The zero-order chi connectivity index (χ0) is 11.3. The molecular formula is C13H19NS. The lowest BCUT2D eigenvalue weighted by atomic mass is 10.0.